The molecular formula is C14H12N4O2. The molecule has 0 bridgehead atoms. The van der Waals surface area contributed by atoms with Gasteiger partial charge in [-0.15, -0.1) is 10.2 Å². The van der Waals surface area contributed by atoms with E-state index < -0.39 is 5.69 Å². The molecule has 0 amide bonds. The first kappa shape index (κ1) is 12.3. The number of aromatic nitrogens is 4. The summed E-state index contributed by atoms with van der Waals surface area (Å²) in [7, 11) is 3.02. The average Bonchev–Trinajstić information content (AvgIpc) is 2.51. The highest BCUT2D eigenvalue weighted by atomic mass is 16.2. The third kappa shape index (κ3) is 1.73. The second-order valence-corrected chi connectivity index (χ2v) is 4.54. The smallest absolute Gasteiger partial charge is 0.279 e. The summed E-state index contributed by atoms with van der Waals surface area (Å²) in [6, 6.07) is 11.1. The number of hydrogen-bond acceptors (Lipinski definition) is 4. The molecule has 6 nitrogen and oxygen atoms in total. The standard InChI is InChI=1S/C14H12N4O2/c1-17-12-10(13(19)18(2)14(17)20)8-11(15-16-12)9-6-4-3-5-7-9/h3-8H,1-2H3. The number of nitrogens with zero attached hydrogens (tertiary/aromatic N) is 4. The van der Waals surface area contributed by atoms with Crippen LogP contribution in [0.4, 0.5) is 0 Å². The zero-order valence-corrected chi connectivity index (χ0v) is 11.1. The van der Waals surface area contributed by atoms with E-state index in [9.17, 15) is 9.59 Å². The SMILES string of the molecule is Cn1c(=O)c2cc(-c3ccccc3)nnc2n(C)c1=O. The maximum Gasteiger partial charge on any atom is 0.332 e. The van der Waals surface area contributed by atoms with Gasteiger partial charge in [0.2, 0.25) is 0 Å². The van der Waals surface area contributed by atoms with Crippen molar-refractivity contribution in [2.24, 2.45) is 14.1 Å². The van der Waals surface area contributed by atoms with E-state index in [1.54, 1.807) is 13.1 Å². The first-order chi connectivity index (χ1) is 9.59. The van der Waals surface area contributed by atoms with Crippen LogP contribution in [0.3, 0.4) is 0 Å². The van der Waals surface area contributed by atoms with Crippen LogP contribution in [0, 0.1) is 0 Å². The topological polar surface area (TPSA) is 69.8 Å². The third-order valence-electron chi connectivity index (χ3n) is 3.27. The minimum atomic E-state index is -0.413. The summed E-state index contributed by atoms with van der Waals surface area (Å²) in [5, 5.41) is 8.49. The molecule has 100 valence electrons. The summed E-state index contributed by atoms with van der Waals surface area (Å²) in [5.41, 5.74) is 0.990. The third-order valence-corrected chi connectivity index (χ3v) is 3.27. The second-order valence-electron chi connectivity index (χ2n) is 4.54. The molecule has 0 radical (unpaired) electrons. The van der Waals surface area contributed by atoms with E-state index in [0.29, 0.717) is 11.1 Å². The molecule has 0 aliphatic heterocycles. The molecule has 0 saturated carbocycles. The van der Waals surface area contributed by atoms with Gasteiger partial charge in [0.05, 0.1) is 11.1 Å². The Morgan fingerprint density at radius 1 is 0.950 bits per heavy atom. The summed E-state index contributed by atoms with van der Waals surface area (Å²) in [5.74, 6) is 0. The predicted molar refractivity (Wildman–Crippen MR) is 75.5 cm³/mol. The minimum Gasteiger partial charge on any atom is -0.279 e. The maximum absolute atomic E-state index is 12.2. The molecule has 0 saturated heterocycles. The molecule has 2 aromatic heterocycles. The fourth-order valence-electron chi connectivity index (χ4n) is 2.12. The number of fused-ring (bicyclic) bond motifs is 1. The van der Waals surface area contributed by atoms with Gasteiger partial charge in [-0.25, -0.2) is 4.79 Å². The van der Waals surface area contributed by atoms with E-state index in [4.69, 9.17) is 0 Å². The van der Waals surface area contributed by atoms with E-state index in [2.05, 4.69) is 10.2 Å². The molecule has 0 aliphatic rings. The summed E-state index contributed by atoms with van der Waals surface area (Å²) < 4.78 is 2.39. The highest BCUT2D eigenvalue weighted by molar-refractivity contribution is 5.78. The lowest BCUT2D eigenvalue weighted by Crippen LogP contribution is -2.37. The van der Waals surface area contributed by atoms with Crippen molar-refractivity contribution < 1.29 is 0 Å². The Morgan fingerprint density at radius 2 is 1.65 bits per heavy atom. The summed E-state index contributed by atoms with van der Waals surface area (Å²) >= 11 is 0. The molecule has 0 spiro atoms. The van der Waals surface area contributed by atoms with E-state index in [-0.39, 0.29) is 11.2 Å². The highest BCUT2D eigenvalue weighted by Gasteiger charge is 2.11. The van der Waals surface area contributed by atoms with E-state index >= 15 is 0 Å². The van der Waals surface area contributed by atoms with Crippen LogP contribution in [-0.2, 0) is 14.1 Å². The number of hydrogen-bond donors (Lipinski definition) is 0. The quantitative estimate of drug-likeness (QED) is 0.651. The van der Waals surface area contributed by atoms with Gasteiger partial charge in [0.15, 0.2) is 5.65 Å². The monoisotopic (exact) mass is 268 g/mol. The van der Waals surface area contributed by atoms with Crippen LogP contribution in [-0.4, -0.2) is 19.3 Å². The Balaban J connectivity index is 2.38. The van der Waals surface area contributed by atoms with Crippen LogP contribution >= 0.6 is 0 Å². The lowest BCUT2D eigenvalue weighted by Gasteiger charge is -2.07. The van der Waals surface area contributed by atoms with Crippen molar-refractivity contribution in [2.75, 3.05) is 0 Å². The molecule has 0 N–H and O–H groups in total. The van der Waals surface area contributed by atoms with Gasteiger partial charge in [-0.05, 0) is 6.07 Å². The van der Waals surface area contributed by atoms with Crippen LogP contribution < -0.4 is 11.2 Å². The predicted octanol–water partition coefficient (Wildman–Crippen LogP) is 0.694. The van der Waals surface area contributed by atoms with Crippen molar-refractivity contribution in [3.8, 4) is 11.3 Å². The first-order valence-electron chi connectivity index (χ1n) is 6.08. The van der Waals surface area contributed by atoms with Gasteiger partial charge in [0.25, 0.3) is 5.56 Å². The van der Waals surface area contributed by atoms with Crippen LogP contribution in [0.15, 0.2) is 46.0 Å². The first-order valence-corrected chi connectivity index (χ1v) is 6.08. The minimum absolute atomic E-state index is 0.290. The van der Waals surface area contributed by atoms with Gasteiger partial charge in [0, 0.05) is 19.7 Å². The van der Waals surface area contributed by atoms with Gasteiger partial charge in [-0.2, -0.15) is 0 Å². The second kappa shape index (κ2) is 4.41. The molecule has 20 heavy (non-hydrogen) atoms. The highest BCUT2D eigenvalue weighted by Crippen LogP contribution is 2.17. The molecule has 0 aliphatic carbocycles. The lowest BCUT2D eigenvalue weighted by atomic mass is 10.1. The zero-order valence-electron chi connectivity index (χ0n) is 11.1. The maximum atomic E-state index is 12.2. The number of aryl methyl sites for hydroxylation is 1. The Hall–Kier alpha value is -2.76. The summed E-state index contributed by atoms with van der Waals surface area (Å²) in [6.07, 6.45) is 0. The molecule has 2 heterocycles. The van der Waals surface area contributed by atoms with Crippen LogP contribution in [0.25, 0.3) is 22.3 Å². The Labute approximate surface area is 113 Å². The van der Waals surface area contributed by atoms with Gasteiger partial charge in [-0.3, -0.25) is 13.9 Å². The van der Waals surface area contributed by atoms with Crippen LogP contribution in [0.5, 0.6) is 0 Å². The van der Waals surface area contributed by atoms with Gasteiger partial charge in [0.1, 0.15) is 0 Å². The Morgan fingerprint density at radius 3 is 2.35 bits per heavy atom. The van der Waals surface area contributed by atoms with Crippen molar-refractivity contribution in [1.29, 1.82) is 0 Å². The molecule has 3 rings (SSSR count). The molecule has 0 fully saturated rings. The lowest BCUT2D eigenvalue weighted by molar-refractivity contribution is 0.703. The van der Waals surface area contributed by atoms with Crippen molar-refractivity contribution in [3.63, 3.8) is 0 Å². The fraction of sp³-hybridized carbons (Fsp3) is 0.143. The van der Waals surface area contributed by atoms with Crippen LogP contribution in [0.2, 0.25) is 0 Å². The average molecular weight is 268 g/mol. The zero-order chi connectivity index (χ0) is 14.3. The van der Waals surface area contributed by atoms with Crippen molar-refractivity contribution in [2.45, 2.75) is 0 Å². The van der Waals surface area contributed by atoms with E-state index in [1.165, 1.54) is 11.6 Å². The number of benzene rings is 1. The van der Waals surface area contributed by atoms with Crippen molar-refractivity contribution in [3.05, 3.63) is 57.2 Å². The van der Waals surface area contributed by atoms with Gasteiger partial charge >= 0.3 is 5.69 Å². The van der Waals surface area contributed by atoms with Crippen molar-refractivity contribution >= 4 is 11.0 Å². The molecule has 3 aromatic rings. The molecule has 0 unspecified atom stereocenters. The van der Waals surface area contributed by atoms with E-state index in [0.717, 1.165) is 10.1 Å². The largest absolute Gasteiger partial charge is 0.332 e. The summed E-state index contributed by atoms with van der Waals surface area (Å²) in [4.78, 5) is 24.0. The van der Waals surface area contributed by atoms with E-state index in [1.807, 2.05) is 30.3 Å². The Kier molecular flexibility index (Phi) is 2.71. The van der Waals surface area contributed by atoms with Gasteiger partial charge in [-0.1, -0.05) is 30.3 Å². The Bertz CT molecular complexity index is 910. The normalized spacial score (nSPS) is 10.9. The molecular weight excluding hydrogens is 256 g/mol. The van der Waals surface area contributed by atoms with Crippen molar-refractivity contribution in [1.82, 2.24) is 19.3 Å². The van der Waals surface area contributed by atoms with Crippen LogP contribution in [0.1, 0.15) is 0 Å². The molecule has 6 heteroatoms. The number of rotatable bonds is 1. The van der Waals surface area contributed by atoms with Gasteiger partial charge < -0.3 is 0 Å². The summed E-state index contributed by atoms with van der Waals surface area (Å²) in [6.45, 7) is 0. The fourth-order valence-corrected chi connectivity index (χ4v) is 2.12. The molecule has 1 aromatic carbocycles. The molecule has 0 atom stereocenters.